The lowest BCUT2D eigenvalue weighted by Gasteiger charge is -2.52. The third-order valence-electron chi connectivity index (χ3n) is 8.80. The third-order valence-corrected chi connectivity index (χ3v) is 8.80. The number of para-hydroxylation sites is 1. The van der Waals surface area contributed by atoms with Crippen molar-refractivity contribution < 1.29 is 29.0 Å². The second-order valence-corrected chi connectivity index (χ2v) is 14.1. The summed E-state index contributed by atoms with van der Waals surface area (Å²) in [5.74, 6) is -0.986. The molecule has 43 heavy (non-hydrogen) atoms. The fraction of sp³-hybridized carbons (Fsp3) is 0.697. The van der Waals surface area contributed by atoms with Crippen molar-refractivity contribution in [3.63, 3.8) is 0 Å². The van der Waals surface area contributed by atoms with Crippen molar-refractivity contribution in [1.29, 1.82) is 0 Å². The van der Waals surface area contributed by atoms with Crippen LogP contribution in [0.1, 0.15) is 97.9 Å². The second-order valence-electron chi connectivity index (χ2n) is 14.1. The number of β-amino-alcohol motifs (C(OH)–C–C–N with tert-alkyl or cyclic N) is 1. The van der Waals surface area contributed by atoms with Crippen molar-refractivity contribution in [2.45, 2.75) is 123 Å². The molecule has 2 aliphatic rings. The van der Waals surface area contributed by atoms with Crippen LogP contribution in [0.15, 0.2) is 24.3 Å². The Bertz CT molecular complexity index is 1160. The highest BCUT2D eigenvalue weighted by molar-refractivity contribution is 6.00. The van der Waals surface area contributed by atoms with E-state index in [2.05, 4.69) is 33.0 Å². The lowest BCUT2D eigenvalue weighted by Crippen LogP contribution is -2.62. The molecule has 4 amide bonds. The van der Waals surface area contributed by atoms with Crippen molar-refractivity contribution in [1.82, 2.24) is 20.0 Å². The first-order valence-electron chi connectivity index (χ1n) is 15.6. The monoisotopic (exact) mass is 600 g/mol. The molecule has 0 unspecified atom stereocenters. The van der Waals surface area contributed by atoms with Gasteiger partial charge in [-0.2, -0.15) is 0 Å². The average Bonchev–Trinajstić information content (AvgIpc) is 3.30. The van der Waals surface area contributed by atoms with E-state index in [1.54, 1.807) is 36.2 Å². The van der Waals surface area contributed by atoms with Crippen LogP contribution >= 0.6 is 0 Å². The van der Waals surface area contributed by atoms with Gasteiger partial charge in [-0.25, -0.2) is 0 Å². The highest BCUT2D eigenvalue weighted by Crippen LogP contribution is 2.38. The molecule has 0 bridgehead atoms. The summed E-state index contributed by atoms with van der Waals surface area (Å²) in [5.41, 5.74) is -0.408. The fourth-order valence-electron chi connectivity index (χ4n) is 6.57. The number of aliphatic hydroxyl groups is 1. The van der Waals surface area contributed by atoms with Crippen LogP contribution in [0.5, 0.6) is 5.75 Å². The molecule has 2 saturated heterocycles. The minimum Gasteiger partial charge on any atom is -0.483 e. The molecule has 1 aromatic carbocycles. The normalized spacial score (nSPS) is 22.0. The number of nitrogens with zero attached hydrogens (tertiary/aromatic N) is 3. The first-order valence-corrected chi connectivity index (χ1v) is 15.6. The van der Waals surface area contributed by atoms with E-state index in [1.807, 2.05) is 32.6 Å². The number of likely N-dealkylation sites (tertiary alicyclic amines) is 2. The minimum absolute atomic E-state index is 0.0245. The number of carbonyl (C=O) groups excluding carboxylic acids is 4. The quantitative estimate of drug-likeness (QED) is 0.424. The predicted molar refractivity (Wildman–Crippen MR) is 166 cm³/mol. The Morgan fingerprint density at radius 2 is 1.65 bits per heavy atom. The van der Waals surface area contributed by atoms with E-state index < -0.39 is 30.0 Å². The molecule has 3 rings (SSSR count). The molecule has 240 valence electrons. The van der Waals surface area contributed by atoms with E-state index >= 15 is 0 Å². The number of likely N-dealkylation sites (N-methyl/N-ethyl adjacent to an activating group) is 1. The Kier molecular flexibility index (Phi) is 10.9. The van der Waals surface area contributed by atoms with E-state index in [4.69, 9.17) is 4.74 Å². The van der Waals surface area contributed by atoms with Crippen LogP contribution in [0.25, 0.3) is 0 Å². The molecule has 2 N–H and O–H groups in total. The van der Waals surface area contributed by atoms with E-state index in [1.165, 1.54) is 4.90 Å². The Hall–Kier alpha value is -3.14. The maximum Gasteiger partial charge on any atom is 0.261 e. The number of rotatable bonds is 10. The fourth-order valence-corrected chi connectivity index (χ4v) is 6.57. The molecule has 0 radical (unpaired) electrons. The zero-order valence-electron chi connectivity index (χ0n) is 27.5. The van der Waals surface area contributed by atoms with Crippen LogP contribution in [-0.4, -0.2) is 98.9 Å². The summed E-state index contributed by atoms with van der Waals surface area (Å²) in [6, 6.07) is 4.89. The number of aliphatic hydroxyl groups excluding tert-OH is 1. The van der Waals surface area contributed by atoms with Gasteiger partial charge in [0.2, 0.25) is 11.8 Å². The highest BCUT2D eigenvalue weighted by atomic mass is 16.5. The first kappa shape index (κ1) is 34.4. The molecule has 0 spiro atoms. The number of amides is 4. The van der Waals surface area contributed by atoms with Gasteiger partial charge in [0.25, 0.3) is 11.8 Å². The van der Waals surface area contributed by atoms with Crippen molar-refractivity contribution in [2.24, 2.45) is 5.92 Å². The Balaban J connectivity index is 1.79. The highest BCUT2D eigenvalue weighted by Gasteiger charge is 2.45. The number of piperidine rings is 1. The molecule has 0 aromatic heterocycles. The lowest BCUT2D eigenvalue weighted by molar-refractivity contribution is -0.151. The van der Waals surface area contributed by atoms with Gasteiger partial charge >= 0.3 is 0 Å². The van der Waals surface area contributed by atoms with Gasteiger partial charge in [-0.3, -0.25) is 19.2 Å². The van der Waals surface area contributed by atoms with E-state index in [-0.39, 0.29) is 65.7 Å². The van der Waals surface area contributed by atoms with Gasteiger partial charge in [0.15, 0.2) is 6.61 Å². The van der Waals surface area contributed by atoms with E-state index in [0.717, 1.165) is 19.3 Å². The lowest BCUT2D eigenvalue weighted by atomic mass is 9.80. The predicted octanol–water partition coefficient (Wildman–Crippen LogP) is 3.61. The SMILES string of the molecule is CC(C)C[C@@H](NC(=O)c1ccccc1OCC(=O)N1C(C)(C)CCCC1(C)C)C(=O)N1C[C@H](O)C[C@H]1C(=O)N(C)C(C)C. The Morgan fingerprint density at radius 1 is 1.05 bits per heavy atom. The molecule has 2 fully saturated rings. The summed E-state index contributed by atoms with van der Waals surface area (Å²) in [6.07, 6.45) is 2.53. The molecule has 0 aliphatic carbocycles. The van der Waals surface area contributed by atoms with Gasteiger partial charge in [0, 0.05) is 37.1 Å². The number of ether oxygens (including phenoxy) is 1. The number of hydrogen-bond donors (Lipinski definition) is 2. The van der Waals surface area contributed by atoms with Crippen molar-refractivity contribution in [3.8, 4) is 5.75 Å². The van der Waals surface area contributed by atoms with Crippen LogP contribution < -0.4 is 10.1 Å². The molecule has 10 nitrogen and oxygen atoms in total. The van der Waals surface area contributed by atoms with Crippen molar-refractivity contribution >= 4 is 23.6 Å². The molecule has 2 aliphatic heterocycles. The van der Waals surface area contributed by atoms with Gasteiger partial charge < -0.3 is 29.9 Å². The van der Waals surface area contributed by atoms with Gasteiger partial charge in [-0.1, -0.05) is 26.0 Å². The second kappa shape index (κ2) is 13.7. The maximum absolute atomic E-state index is 13.8. The maximum atomic E-state index is 13.8. The van der Waals surface area contributed by atoms with Gasteiger partial charge in [0.05, 0.1) is 11.7 Å². The topological polar surface area (TPSA) is 119 Å². The largest absolute Gasteiger partial charge is 0.483 e. The number of nitrogens with one attached hydrogen (secondary N) is 1. The molecule has 2 heterocycles. The van der Waals surface area contributed by atoms with Crippen LogP contribution in [0.3, 0.4) is 0 Å². The van der Waals surface area contributed by atoms with Crippen LogP contribution in [-0.2, 0) is 14.4 Å². The average molecular weight is 601 g/mol. The van der Waals surface area contributed by atoms with Crippen LogP contribution in [0, 0.1) is 5.92 Å². The Labute approximate surface area is 257 Å². The minimum atomic E-state index is -0.915. The Morgan fingerprint density at radius 3 is 2.23 bits per heavy atom. The van der Waals surface area contributed by atoms with Crippen LogP contribution in [0.4, 0.5) is 0 Å². The zero-order valence-corrected chi connectivity index (χ0v) is 27.5. The van der Waals surface area contributed by atoms with Crippen molar-refractivity contribution in [2.75, 3.05) is 20.2 Å². The molecular formula is C33H52N4O6. The van der Waals surface area contributed by atoms with Gasteiger partial charge in [0.1, 0.15) is 17.8 Å². The molecule has 1 aromatic rings. The molecule has 0 saturated carbocycles. The molecule has 10 heteroatoms. The van der Waals surface area contributed by atoms with Gasteiger partial charge in [-0.05, 0) is 85.3 Å². The van der Waals surface area contributed by atoms with Crippen molar-refractivity contribution in [3.05, 3.63) is 29.8 Å². The first-order chi connectivity index (χ1) is 20.0. The van der Waals surface area contributed by atoms with E-state index in [0.29, 0.717) is 6.42 Å². The summed E-state index contributed by atoms with van der Waals surface area (Å²) in [6.45, 7) is 15.8. The summed E-state index contributed by atoms with van der Waals surface area (Å²) in [7, 11) is 1.68. The summed E-state index contributed by atoms with van der Waals surface area (Å²) >= 11 is 0. The third kappa shape index (κ3) is 8.08. The summed E-state index contributed by atoms with van der Waals surface area (Å²) < 4.78 is 5.96. The van der Waals surface area contributed by atoms with E-state index in [9.17, 15) is 24.3 Å². The number of hydrogen-bond acceptors (Lipinski definition) is 6. The summed E-state index contributed by atoms with van der Waals surface area (Å²) in [4.78, 5) is 59.0. The molecule has 3 atom stereocenters. The smallest absolute Gasteiger partial charge is 0.261 e. The standard InChI is InChI=1S/C33H52N4O6/c1-21(2)17-25(30(41)36-19-23(38)18-26(36)31(42)35(9)22(3)4)34-29(40)24-13-10-11-14-27(24)43-20-28(39)37-32(5,6)15-12-16-33(37,7)8/h10-11,13-14,21-23,25-26,38H,12,15-20H2,1-9H3,(H,34,40)/t23-,25-,26+/m1/s1. The number of carbonyl (C=O) groups is 4. The van der Waals surface area contributed by atoms with Gasteiger partial charge in [-0.15, -0.1) is 0 Å². The van der Waals surface area contributed by atoms with Crippen LogP contribution in [0.2, 0.25) is 0 Å². The zero-order chi connectivity index (χ0) is 32.3. The summed E-state index contributed by atoms with van der Waals surface area (Å²) in [5, 5.41) is 13.3. The molecular weight excluding hydrogens is 548 g/mol. The number of benzene rings is 1.